The fourth-order valence-electron chi connectivity index (χ4n) is 4.38. The first kappa shape index (κ1) is 16.3. The maximum absolute atomic E-state index is 8.74. The maximum atomic E-state index is 8.74. The molecule has 0 aromatic heterocycles. The molecule has 0 aromatic rings. The van der Waals surface area contributed by atoms with Gasteiger partial charge in [-0.15, -0.1) is 0 Å². The van der Waals surface area contributed by atoms with Crippen molar-refractivity contribution in [3.8, 4) is 0 Å². The minimum Gasteiger partial charge on any atom is -0.396 e. The molecule has 1 N–H and O–H groups in total. The lowest BCUT2D eigenvalue weighted by Crippen LogP contribution is -2.46. The number of nitrogens with zero attached hydrogens (tertiary/aromatic N) is 1. The highest BCUT2D eigenvalue weighted by atomic mass is 16.2. The molecule has 2 saturated heterocycles. The van der Waals surface area contributed by atoms with Crippen LogP contribution in [0.5, 0.6) is 0 Å². The molecule has 2 heteroatoms. The molecule has 118 valence electrons. The SMILES string of the molecule is CC1CCC(CCCCCCCCCO)N2CCCC12. The smallest absolute Gasteiger partial charge is 0.0431 e. The molecule has 2 aliphatic heterocycles. The van der Waals surface area contributed by atoms with Gasteiger partial charge in [-0.3, -0.25) is 4.90 Å². The van der Waals surface area contributed by atoms with Crippen LogP contribution in [0.2, 0.25) is 0 Å². The van der Waals surface area contributed by atoms with E-state index in [1.54, 1.807) is 0 Å². The fourth-order valence-corrected chi connectivity index (χ4v) is 4.38. The minimum atomic E-state index is 0.372. The standard InChI is InChI=1S/C18H35NO/c1-16-12-13-17(19-14-9-11-18(16)19)10-7-5-3-2-4-6-8-15-20/h16-18,20H,2-15H2,1H3. The molecule has 2 nitrogen and oxygen atoms in total. The van der Waals surface area contributed by atoms with Gasteiger partial charge in [-0.25, -0.2) is 0 Å². The topological polar surface area (TPSA) is 23.5 Å². The lowest BCUT2D eigenvalue weighted by Gasteiger charge is -2.41. The van der Waals surface area contributed by atoms with E-state index in [-0.39, 0.29) is 0 Å². The van der Waals surface area contributed by atoms with Crippen LogP contribution in [0.1, 0.15) is 84.0 Å². The Kier molecular flexibility index (Phi) is 7.37. The summed E-state index contributed by atoms with van der Waals surface area (Å²) in [7, 11) is 0. The van der Waals surface area contributed by atoms with E-state index in [0.717, 1.165) is 24.4 Å². The third-order valence-electron chi connectivity index (χ3n) is 5.62. The van der Waals surface area contributed by atoms with Crippen LogP contribution in [0.25, 0.3) is 0 Å². The van der Waals surface area contributed by atoms with E-state index < -0.39 is 0 Å². The Balaban J connectivity index is 1.53. The zero-order valence-corrected chi connectivity index (χ0v) is 13.5. The summed E-state index contributed by atoms with van der Waals surface area (Å²) in [6, 6.07) is 1.83. The Labute approximate surface area is 125 Å². The Morgan fingerprint density at radius 2 is 1.60 bits per heavy atom. The second kappa shape index (κ2) is 9.04. The molecule has 20 heavy (non-hydrogen) atoms. The van der Waals surface area contributed by atoms with Gasteiger partial charge in [-0.2, -0.15) is 0 Å². The Morgan fingerprint density at radius 3 is 2.35 bits per heavy atom. The molecule has 0 amide bonds. The van der Waals surface area contributed by atoms with Gasteiger partial charge < -0.3 is 5.11 Å². The average Bonchev–Trinajstić information content (AvgIpc) is 2.94. The van der Waals surface area contributed by atoms with Crippen LogP contribution in [-0.4, -0.2) is 35.2 Å². The molecule has 2 heterocycles. The van der Waals surface area contributed by atoms with Crippen molar-refractivity contribution in [2.75, 3.05) is 13.2 Å². The summed E-state index contributed by atoms with van der Waals surface area (Å²) in [5, 5.41) is 8.74. The maximum Gasteiger partial charge on any atom is 0.0431 e. The van der Waals surface area contributed by atoms with Gasteiger partial charge in [-0.05, 0) is 51.0 Å². The number of aliphatic hydroxyl groups is 1. The minimum absolute atomic E-state index is 0.372. The zero-order chi connectivity index (χ0) is 14.2. The number of rotatable bonds is 9. The third-order valence-corrected chi connectivity index (χ3v) is 5.62. The summed E-state index contributed by atoms with van der Waals surface area (Å²) in [5.74, 6) is 0.945. The first-order chi connectivity index (χ1) is 9.83. The molecule has 0 saturated carbocycles. The quantitative estimate of drug-likeness (QED) is 0.635. The Morgan fingerprint density at radius 1 is 0.900 bits per heavy atom. The largest absolute Gasteiger partial charge is 0.396 e. The molecule has 3 unspecified atom stereocenters. The second-order valence-corrected chi connectivity index (χ2v) is 7.14. The number of fused-ring (bicyclic) bond motifs is 1. The number of unbranched alkanes of at least 4 members (excludes halogenated alkanes) is 6. The number of hydrogen-bond donors (Lipinski definition) is 1. The van der Waals surface area contributed by atoms with Crippen LogP contribution in [-0.2, 0) is 0 Å². The molecule has 0 bridgehead atoms. The van der Waals surface area contributed by atoms with E-state index in [2.05, 4.69) is 11.8 Å². The summed E-state index contributed by atoms with van der Waals surface area (Å²) in [6.45, 7) is 4.21. The van der Waals surface area contributed by atoms with E-state index in [4.69, 9.17) is 5.11 Å². The van der Waals surface area contributed by atoms with Crippen molar-refractivity contribution in [2.24, 2.45) is 5.92 Å². The fraction of sp³-hybridized carbons (Fsp3) is 1.00. The van der Waals surface area contributed by atoms with Crippen LogP contribution in [0.4, 0.5) is 0 Å². The summed E-state index contributed by atoms with van der Waals surface area (Å²) in [6.07, 6.45) is 16.4. The van der Waals surface area contributed by atoms with Gasteiger partial charge in [0.05, 0.1) is 0 Å². The molecule has 0 radical (unpaired) electrons. The van der Waals surface area contributed by atoms with Gasteiger partial charge >= 0.3 is 0 Å². The van der Waals surface area contributed by atoms with E-state index in [0.29, 0.717) is 6.61 Å². The number of piperidine rings is 1. The van der Waals surface area contributed by atoms with Crippen molar-refractivity contribution >= 4 is 0 Å². The lowest BCUT2D eigenvalue weighted by atomic mass is 9.85. The zero-order valence-electron chi connectivity index (χ0n) is 13.5. The highest BCUT2D eigenvalue weighted by molar-refractivity contribution is 4.92. The summed E-state index contributed by atoms with van der Waals surface area (Å²) < 4.78 is 0. The van der Waals surface area contributed by atoms with Crippen molar-refractivity contribution in [3.63, 3.8) is 0 Å². The Hall–Kier alpha value is -0.0800. The first-order valence-electron chi connectivity index (χ1n) is 9.19. The predicted octanol–water partition coefficient (Wildman–Crippen LogP) is 4.36. The third kappa shape index (κ3) is 4.73. The molecule has 3 atom stereocenters. The van der Waals surface area contributed by atoms with Gasteiger partial charge in [0, 0.05) is 18.7 Å². The van der Waals surface area contributed by atoms with Crippen molar-refractivity contribution < 1.29 is 5.11 Å². The summed E-state index contributed by atoms with van der Waals surface area (Å²) in [4.78, 5) is 2.86. The van der Waals surface area contributed by atoms with Crippen LogP contribution in [0.3, 0.4) is 0 Å². The highest BCUT2D eigenvalue weighted by Gasteiger charge is 2.37. The van der Waals surface area contributed by atoms with Crippen LogP contribution in [0.15, 0.2) is 0 Å². The predicted molar refractivity (Wildman–Crippen MR) is 85.9 cm³/mol. The van der Waals surface area contributed by atoms with Crippen LogP contribution >= 0.6 is 0 Å². The summed E-state index contributed by atoms with van der Waals surface area (Å²) in [5.41, 5.74) is 0. The highest BCUT2D eigenvalue weighted by Crippen LogP contribution is 2.36. The van der Waals surface area contributed by atoms with Gasteiger partial charge in [0.15, 0.2) is 0 Å². The second-order valence-electron chi connectivity index (χ2n) is 7.14. The van der Waals surface area contributed by atoms with Crippen molar-refractivity contribution in [2.45, 2.75) is 96.1 Å². The van der Waals surface area contributed by atoms with E-state index in [9.17, 15) is 0 Å². The molecular weight excluding hydrogens is 246 g/mol. The van der Waals surface area contributed by atoms with Gasteiger partial charge in [0.1, 0.15) is 0 Å². The van der Waals surface area contributed by atoms with Crippen LogP contribution in [0, 0.1) is 5.92 Å². The van der Waals surface area contributed by atoms with Crippen LogP contribution < -0.4 is 0 Å². The summed E-state index contributed by atoms with van der Waals surface area (Å²) >= 11 is 0. The van der Waals surface area contributed by atoms with Gasteiger partial charge in [0.2, 0.25) is 0 Å². The molecule has 2 aliphatic rings. The Bertz CT molecular complexity index is 256. The average molecular weight is 281 g/mol. The lowest BCUT2D eigenvalue weighted by molar-refractivity contribution is 0.0750. The van der Waals surface area contributed by atoms with E-state index in [1.807, 2.05) is 0 Å². The normalized spacial score (nSPS) is 30.6. The van der Waals surface area contributed by atoms with E-state index in [1.165, 1.54) is 77.2 Å². The first-order valence-corrected chi connectivity index (χ1v) is 9.19. The van der Waals surface area contributed by atoms with Gasteiger partial charge in [-0.1, -0.05) is 45.4 Å². The molecular formula is C18H35NO. The number of aliphatic hydroxyl groups excluding tert-OH is 1. The van der Waals surface area contributed by atoms with E-state index >= 15 is 0 Å². The monoisotopic (exact) mass is 281 g/mol. The molecule has 2 rings (SSSR count). The van der Waals surface area contributed by atoms with Crippen molar-refractivity contribution in [1.82, 2.24) is 4.90 Å². The van der Waals surface area contributed by atoms with Crippen molar-refractivity contribution in [3.05, 3.63) is 0 Å². The number of hydrogen-bond acceptors (Lipinski definition) is 2. The molecule has 0 aliphatic carbocycles. The molecule has 0 spiro atoms. The molecule has 0 aromatic carbocycles. The van der Waals surface area contributed by atoms with Crippen molar-refractivity contribution in [1.29, 1.82) is 0 Å². The molecule has 2 fully saturated rings. The van der Waals surface area contributed by atoms with Gasteiger partial charge in [0.25, 0.3) is 0 Å².